The lowest BCUT2D eigenvalue weighted by atomic mass is 10.4. The number of hydrogen-bond acceptors (Lipinski definition) is 5. The molecule has 0 amide bonds. The van der Waals surface area contributed by atoms with Crippen LogP contribution in [0.4, 0.5) is 0 Å². The average Bonchev–Trinajstić information content (AvgIpc) is 2.53. The van der Waals surface area contributed by atoms with Gasteiger partial charge in [0.25, 0.3) is 4.06 Å². The molecule has 2 heterocycles. The molecule has 1 aromatic heterocycles. The van der Waals surface area contributed by atoms with Crippen LogP contribution < -0.4 is 4.06 Å². The summed E-state index contributed by atoms with van der Waals surface area (Å²) in [6, 6.07) is 8.27. The highest BCUT2D eigenvalue weighted by Gasteiger charge is 2.19. The Balaban J connectivity index is 2.16. The molecule has 2 aromatic rings. The van der Waals surface area contributed by atoms with Crippen LogP contribution in [-0.4, -0.2) is 0 Å². The normalized spacial score (nSPS) is 13.4. The van der Waals surface area contributed by atoms with Crippen LogP contribution in [-0.2, 0) is 0 Å². The number of rotatable bonds is 0. The molecule has 70 valence electrons. The maximum atomic E-state index is 11.2. The third-order valence-corrected chi connectivity index (χ3v) is 6.96. The molecule has 0 radical (unpaired) electrons. The maximum absolute atomic E-state index is 11.2. The van der Waals surface area contributed by atoms with Gasteiger partial charge in [-0.2, -0.15) is 0 Å². The molecule has 1 nitrogen and oxygen atoms in total. The van der Waals surface area contributed by atoms with Crippen molar-refractivity contribution in [2.45, 2.75) is 18.2 Å². The minimum Gasteiger partial charge on any atom is -0.265 e. The Morgan fingerprint density at radius 2 is 1.36 bits per heavy atom. The van der Waals surface area contributed by atoms with E-state index in [0.717, 1.165) is 8.42 Å². The zero-order valence-electron chi connectivity index (χ0n) is 6.85. The first-order valence-corrected chi connectivity index (χ1v) is 7.18. The Morgan fingerprint density at radius 3 is 1.86 bits per heavy atom. The minimum atomic E-state index is 0.197. The summed E-state index contributed by atoms with van der Waals surface area (Å²) in [6.07, 6.45) is 0. The molecule has 0 fully saturated rings. The van der Waals surface area contributed by atoms with Crippen molar-refractivity contribution in [1.82, 2.24) is 0 Å². The topological polar surface area (TPSA) is 17.1 Å². The van der Waals surface area contributed by atoms with Gasteiger partial charge in [0.15, 0.2) is 0 Å². The van der Waals surface area contributed by atoms with Crippen molar-refractivity contribution in [3.8, 4) is 0 Å². The van der Waals surface area contributed by atoms with Crippen LogP contribution in [0.2, 0.25) is 0 Å². The molecule has 1 aromatic carbocycles. The molecule has 0 atom stereocenters. The lowest BCUT2D eigenvalue weighted by Crippen LogP contribution is -1.82. The first-order valence-electron chi connectivity index (χ1n) is 3.91. The highest BCUT2D eigenvalue weighted by atomic mass is 32.2. The van der Waals surface area contributed by atoms with Crippen LogP contribution in [0.5, 0.6) is 0 Å². The Morgan fingerprint density at radius 1 is 0.857 bits per heavy atom. The Bertz CT molecular complexity index is 494. The zero-order chi connectivity index (χ0) is 9.54. The Kier molecular flexibility index (Phi) is 2.20. The lowest BCUT2D eigenvalue weighted by molar-refractivity contribution is 1.22. The first kappa shape index (κ1) is 9.03. The number of hydrogen-bond donors (Lipinski definition) is 0. The highest BCUT2D eigenvalue weighted by molar-refractivity contribution is 8.07. The lowest BCUT2D eigenvalue weighted by Gasteiger charge is -2.12. The summed E-state index contributed by atoms with van der Waals surface area (Å²) in [5.74, 6) is 0. The van der Waals surface area contributed by atoms with Gasteiger partial charge in [-0.15, -0.1) is 0 Å². The molecule has 5 heteroatoms. The van der Waals surface area contributed by atoms with E-state index in [0.29, 0.717) is 0 Å². The summed E-state index contributed by atoms with van der Waals surface area (Å²) >= 11 is 6.14. The predicted octanol–water partition coefficient (Wildman–Crippen LogP) is 3.79. The second-order valence-electron chi connectivity index (χ2n) is 2.68. The van der Waals surface area contributed by atoms with Crippen LogP contribution in [0, 0.1) is 0 Å². The van der Waals surface area contributed by atoms with Crippen molar-refractivity contribution in [2.75, 3.05) is 0 Å². The standard InChI is InChI=1S/C9H4OS4/c10-9-13-7-8(14-9)12-6-4-2-1-3-5(6)11-7/h1-4H. The summed E-state index contributed by atoms with van der Waals surface area (Å²) in [6.45, 7) is 0. The Hall–Kier alpha value is -0.230. The third kappa shape index (κ3) is 1.44. The van der Waals surface area contributed by atoms with Crippen LogP contribution >= 0.6 is 46.2 Å². The fourth-order valence-electron chi connectivity index (χ4n) is 1.20. The summed E-state index contributed by atoms with van der Waals surface area (Å²) in [5.41, 5.74) is 0. The molecule has 0 unspecified atom stereocenters. The molecule has 0 saturated carbocycles. The molecule has 3 rings (SSSR count). The van der Waals surface area contributed by atoms with Crippen molar-refractivity contribution < 1.29 is 0 Å². The second kappa shape index (κ2) is 3.41. The quantitative estimate of drug-likeness (QED) is 0.609. The molecule has 0 bridgehead atoms. The van der Waals surface area contributed by atoms with Gasteiger partial charge in [0.05, 0.1) is 8.42 Å². The van der Waals surface area contributed by atoms with Gasteiger partial charge in [-0.05, 0) is 12.1 Å². The van der Waals surface area contributed by atoms with E-state index < -0.39 is 0 Å². The highest BCUT2D eigenvalue weighted by Crippen LogP contribution is 2.50. The van der Waals surface area contributed by atoms with E-state index in [2.05, 4.69) is 12.1 Å². The molecule has 0 saturated heterocycles. The largest absolute Gasteiger partial charge is 0.289 e. The van der Waals surface area contributed by atoms with E-state index in [-0.39, 0.29) is 4.06 Å². The fourth-order valence-corrected chi connectivity index (χ4v) is 6.42. The average molecular weight is 256 g/mol. The molecule has 0 N–H and O–H groups in total. The van der Waals surface area contributed by atoms with Crippen LogP contribution in [0.25, 0.3) is 0 Å². The summed E-state index contributed by atoms with van der Waals surface area (Å²) in [5, 5.41) is 0. The van der Waals surface area contributed by atoms with Gasteiger partial charge >= 0.3 is 0 Å². The molecule has 0 spiro atoms. The zero-order valence-corrected chi connectivity index (χ0v) is 10.1. The molecular formula is C9H4OS4. The van der Waals surface area contributed by atoms with E-state index in [4.69, 9.17) is 0 Å². The molecule has 0 aliphatic carbocycles. The van der Waals surface area contributed by atoms with E-state index in [1.807, 2.05) is 12.1 Å². The summed E-state index contributed by atoms with van der Waals surface area (Å²) < 4.78 is 2.51. The fraction of sp³-hybridized carbons (Fsp3) is 0. The van der Waals surface area contributed by atoms with Gasteiger partial charge in [0.1, 0.15) is 0 Å². The monoisotopic (exact) mass is 256 g/mol. The van der Waals surface area contributed by atoms with Crippen molar-refractivity contribution in [3.63, 3.8) is 0 Å². The minimum absolute atomic E-state index is 0.197. The predicted molar refractivity (Wildman–Crippen MR) is 63.2 cm³/mol. The Labute approximate surface area is 97.2 Å². The van der Waals surface area contributed by atoms with Gasteiger partial charge < -0.3 is 0 Å². The SMILES string of the molecule is O=c1sc2c(s1)Sc1ccccc1S2. The van der Waals surface area contributed by atoms with Gasteiger partial charge in [-0.3, -0.25) is 4.79 Å². The van der Waals surface area contributed by atoms with Gasteiger partial charge in [0.2, 0.25) is 0 Å². The van der Waals surface area contributed by atoms with Gasteiger partial charge in [-0.1, -0.05) is 58.3 Å². The molecule has 14 heavy (non-hydrogen) atoms. The molecular weight excluding hydrogens is 252 g/mol. The maximum Gasteiger partial charge on any atom is 0.289 e. The van der Waals surface area contributed by atoms with E-state index in [1.165, 1.54) is 32.5 Å². The number of benzene rings is 1. The van der Waals surface area contributed by atoms with Crippen molar-refractivity contribution in [2.24, 2.45) is 0 Å². The third-order valence-electron chi connectivity index (χ3n) is 1.77. The van der Waals surface area contributed by atoms with E-state index in [9.17, 15) is 4.79 Å². The van der Waals surface area contributed by atoms with Gasteiger partial charge in [0, 0.05) is 9.79 Å². The summed E-state index contributed by atoms with van der Waals surface area (Å²) in [7, 11) is 0. The second-order valence-corrected chi connectivity index (χ2v) is 7.53. The van der Waals surface area contributed by atoms with Gasteiger partial charge in [-0.25, -0.2) is 0 Å². The van der Waals surface area contributed by atoms with Crippen LogP contribution in [0.15, 0.2) is 47.3 Å². The first-order chi connectivity index (χ1) is 6.83. The molecule has 1 aliphatic heterocycles. The summed E-state index contributed by atoms with van der Waals surface area (Å²) in [4.78, 5) is 13.7. The van der Waals surface area contributed by atoms with E-state index in [1.54, 1.807) is 23.5 Å². The van der Waals surface area contributed by atoms with Crippen molar-refractivity contribution >= 4 is 46.2 Å². The number of fused-ring (bicyclic) bond motifs is 2. The van der Waals surface area contributed by atoms with E-state index >= 15 is 0 Å². The van der Waals surface area contributed by atoms with Crippen molar-refractivity contribution in [1.29, 1.82) is 0 Å². The van der Waals surface area contributed by atoms with Crippen LogP contribution in [0.3, 0.4) is 0 Å². The smallest absolute Gasteiger partial charge is 0.265 e. The van der Waals surface area contributed by atoms with Crippen molar-refractivity contribution in [3.05, 3.63) is 33.1 Å². The molecule has 1 aliphatic rings. The van der Waals surface area contributed by atoms with Crippen LogP contribution in [0.1, 0.15) is 0 Å².